The number of hydrogen-bond acceptors (Lipinski definition) is 3. The molecular weight excluding hydrogens is 295 g/mol. The third-order valence-corrected chi connectivity index (χ3v) is 3.53. The lowest BCUT2D eigenvalue weighted by atomic mass is 10.2. The summed E-state index contributed by atoms with van der Waals surface area (Å²) in [6, 6.07) is 4.62. The van der Waals surface area contributed by atoms with Crippen molar-refractivity contribution in [3.05, 3.63) is 52.0 Å². The summed E-state index contributed by atoms with van der Waals surface area (Å²) < 4.78 is 13.6. The molecule has 0 aliphatic carbocycles. The summed E-state index contributed by atoms with van der Waals surface area (Å²) in [6.07, 6.45) is 0. The van der Waals surface area contributed by atoms with Crippen LogP contribution in [0.4, 0.5) is 14.9 Å². The van der Waals surface area contributed by atoms with Crippen LogP contribution < -0.4 is 5.32 Å². The third kappa shape index (κ3) is 3.79. The predicted molar refractivity (Wildman–Crippen MR) is 78.2 cm³/mol. The van der Waals surface area contributed by atoms with Gasteiger partial charge in [0.15, 0.2) is 0 Å². The predicted octanol–water partition coefficient (Wildman–Crippen LogP) is 3.25. The summed E-state index contributed by atoms with van der Waals surface area (Å²) in [4.78, 5) is 24.2. The van der Waals surface area contributed by atoms with E-state index in [1.807, 2.05) is 16.8 Å². The molecule has 2 N–H and O–H groups in total. The molecule has 0 atom stereocenters. The second kappa shape index (κ2) is 6.36. The highest BCUT2D eigenvalue weighted by Gasteiger charge is 2.14. The first kappa shape index (κ1) is 15.0. The fraction of sp³-hybridized carbons (Fsp3) is 0.143. The smallest absolute Gasteiger partial charge is 0.335 e. The zero-order valence-corrected chi connectivity index (χ0v) is 12.0. The molecule has 2 aromatic rings. The minimum Gasteiger partial charge on any atom is -0.478 e. The van der Waals surface area contributed by atoms with Crippen molar-refractivity contribution in [1.29, 1.82) is 0 Å². The number of anilines is 1. The Hall–Kier alpha value is -2.41. The van der Waals surface area contributed by atoms with Gasteiger partial charge in [-0.2, -0.15) is 11.3 Å². The van der Waals surface area contributed by atoms with Gasteiger partial charge in [-0.25, -0.2) is 14.0 Å². The van der Waals surface area contributed by atoms with E-state index < -0.39 is 17.8 Å². The van der Waals surface area contributed by atoms with Crippen molar-refractivity contribution >= 4 is 29.0 Å². The van der Waals surface area contributed by atoms with E-state index in [0.717, 1.165) is 23.8 Å². The Labute approximate surface area is 124 Å². The van der Waals surface area contributed by atoms with E-state index in [-0.39, 0.29) is 11.3 Å². The molecule has 5 nitrogen and oxygen atoms in total. The Balaban J connectivity index is 2.08. The molecule has 0 saturated carbocycles. The number of urea groups is 1. The molecule has 110 valence electrons. The molecule has 1 aromatic heterocycles. The van der Waals surface area contributed by atoms with E-state index in [0.29, 0.717) is 6.54 Å². The van der Waals surface area contributed by atoms with Crippen molar-refractivity contribution in [1.82, 2.24) is 4.90 Å². The fourth-order valence-electron chi connectivity index (χ4n) is 1.69. The molecule has 7 heteroatoms. The number of rotatable bonds is 4. The van der Waals surface area contributed by atoms with Crippen molar-refractivity contribution in [2.24, 2.45) is 0 Å². The first-order chi connectivity index (χ1) is 9.97. The topological polar surface area (TPSA) is 69.6 Å². The molecule has 0 radical (unpaired) electrons. The van der Waals surface area contributed by atoms with Gasteiger partial charge >= 0.3 is 12.0 Å². The van der Waals surface area contributed by atoms with E-state index in [9.17, 15) is 14.0 Å². The summed E-state index contributed by atoms with van der Waals surface area (Å²) in [5.41, 5.74) is 0.724. The summed E-state index contributed by atoms with van der Waals surface area (Å²) in [5, 5.41) is 15.1. The number of nitrogens with one attached hydrogen (secondary N) is 1. The molecular formula is C14H13FN2O3S. The second-order valence-corrected chi connectivity index (χ2v) is 5.20. The fourth-order valence-corrected chi connectivity index (χ4v) is 2.35. The molecule has 0 fully saturated rings. The van der Waals surface area contributed by atoms with Crippen molar-refractivity contribution in [2.45, 2.75) is 6.54 Å². The maximum Gasteiger partial charge on any atom is 0.335 e. The van der Waals surface area contributed by atoms with Crippen LogP contribution in [0.25, 0.3) is 0 Å². The molecule has 0 saturated heterocycles. The first-order valence-electron chi connectivity index (χ1n) is 6.03. The minimum absolute atomic E-state index is 0.0906. The van der Waals surface area contributed by atoms with E-state index in [2.05, 4.69) is 5.32 Å². The highest BCUT2D eigenvalue weighted by molar-refractivity contribution is 7.07. The van der Waals surface area contributed by atoms with E-state index in [1.54, 1.807) is 7.05 Å². The maximum absolute atomic E-state index is 13.6. The molecule has 2 amide bonds. The molecule has 1 heterocycles. The van der Waals surface area contributed by atoms with Crippen molar-refractivity contribution in [3.63, 3.8) is 0 Å². The summed E-state index contributed by atoms with van der Waals surface area (Å²) in [6.45, 7) is 0.384. The highest BCUT2D eigenvalue weighted by Crippen LogP contribution is 2.17. The molecule has 2 rings (SSSR count). The SMILES string of the molecule is CN(Cc1ccsc1)C(=O)Nc1cc(C(=O)O)ccc1F. The molecule has 1 aromatic carbocycles. The van der Waals surface area contributed by atoms with Crippen molar-refractivity contribution in [2.75, 3.05) is 12.4 Å². The molecule has 21 heavy (non-hydrogen) atoms. The number of aromatic carboxylic acids is 1. The molecule has 0 aliphatic heterocycles. The number of carbonyl (C=O) groups excluding carboxylic acids is 1. The minimum atomic E-state index is -1.18. The van der Waals surface area contributed by atoms with Crippen LogP contribution in [-0.2, 0) is 6.54 Å². The number of benzene rings is 1. The van der Waals surface area contributed by atoms with Gasteiger partial charge in [0.25, 0.3) is 0 Å². The monoisotopic (exact) mass is 308 g/mol. The second-order valence-electron chi connectivity index (χ2n) is 4.42. The van der Waals surface area contributed by atoms with Crippen LogP contribution in [0.1, 0.15) is 15.9 Å². The molecule has 0 spiro atoms. The Morgan fingerprint density at radius 1 is 1.38 bits per heavy atom. The lowest BCUT2D eigenvalue weighted by molar-refractivity contribution is 0.0697. The molecule has 0 unspecified atom stereocenters. The number of nitrogens with zero attached hydrogens (tertiary/aromatic N) is 1. The molecule has 0 bridgehead atoms. The van der Waals surface area contributed by atoms with Crippen LogP contribution >= 0.6 is 11.3 Å². The largest absolute Gasteiger partial charge is 0.478 e. The van der Waals surface area contributed by atoms with Crippen LogP contribution in [0.3, 0.4) is 0 Å². The van der Waals surface area contributed by atoms with Crippen LogP contribution in [0.2, 0.25) is 0 Å². The number of thiophene rings is 1. The van der Waals surface area contributed by atoms with Crippen LogP contribution in [0.15, 0.2) is 35.0 Å². The van der Waals surface area contributed by atoms with Crippen molar-refractivity contribution < 1.29 is 19.1 Å². The lowest BCUT2D eigenvalue weighted by Crippen LogP contribution is -2.31. The highest BCUT2D eigenvalue weighted by atomic mass is 32.1. The average Bonchev–Trinajstić information content (AvgIpc) is 2.93. The maximum atomic E-state index is 13.6. The lowest BCUT2D eigenvalue weighted by Gasteiger charge is -2.17. The standard InChI is InChI=1S/C14H13FN2O3S/c1-17(7-9-4-5-21-8-9)14(20)16-12-6-10(13(18)19)2-3-11(12)15/h2-6,8H,7H2,1H3,(H,16,20)(H,18,19). The van der Waals surface area contributed by atoms with Gasteiger partial charge in [-0.15, -0.1) is 0 Å². The van der Waals surface area contributed by atoms with Gasteiger partial charge in [0.2, 0.25) is 0 Å². The van der Waals surface area contributed by atoms with Gasteiger partial charge in [-0.1, -0.05) is 0 Å². The van der Waals surface area contributed by atoms with Gasteiger partial charge in [-0.3, -0.25) is 0 Å². The van der Waals surface area contributed by atoms with E-state index >= 15 is 0 Å². The zero-order chi connectivity index (χ0) is 15.4. The third-order valence-electron chi connectivity index (χ3n) is 2.80. The summed E-state index contributed by atoms with van der Waals surface area (Å²) in [5.74, 6) is -1.87. The Morgan fingerprint density at radius 2 is 2.14 bits per heavy atom. The van der Waals surface area contributed by atoms with Crippen molar-refractivity contribution in [3.8, 4) is 0 Å². The summed E-state index contributed by atoms with van der Waals surface area (Å²) in [7, 11) is 1.58. The van der Waals surface area contributed by atoms with E-state index in [4.69, 9.17) is 5.11 Å². The average molecular weight is 308 g/mol. The number of halogens is 1. The Kier molecular flexibility index (Phi) is 4.54. The van der Waals surface area contributed by atoms with E-state index in [1.165, 1.54) is 16.2 Å². The van der Waals surface area contributed by atoms with Crippen LogP contribution in [-0.4, -0.2) is 29.1 Å². The number of carboxylic acid groups (broad SMARTS) is 1. The van der Waals surface area contributed by atoms with Crippen LogP contribution in [0.5, 0.6) is 0 Å². The van der Waals surface area contributed by atoms with Gasteiger partial charge in [0, 0.05) is 13.6 Å². The summed E-state index contributed by atoms with van der Waals surface area (Å²) >= 11 is 1.52. The first-order valence-corrected chi connectivity index (χ1v) is 6.97. The quantitative estimate of drug-likeness (QED) is 0.911. The molecule has 0 aliphatic rings. The normalized spacial score (nSPS) is 10.2. The number of amides is 2. The number of carbonyl (C=O) groups is 2. The Morgan fingerprint density at radius 3 is 2.76 bits per heavy atom. The Bertz CT molecular complexity index is 658. The van der Waals surface area contributed by atoms with Gasteiger partial charge in [0.05, 0.1) is 11.3 Å². The zero-order valence-electron chi connectivity index (χ0n) is 11.2. The van der Waals surface area contributed by atoms with Gasteiger partial charge in [-0.05, 0) is 40.6 Å². The van der Waals surface area contributed by atoms with Crippen LogP contribution in [0, 0.1) is 5.82 Å². The number of hydrogen-bond donors (Lipinski definition) is 2. The van der Waals surface area contributed by atoms with Gasteiger partial charge < -0.3 is 15.3 Å². The number of carboxylic acids is 1. The van der Waals surface area contributed by atoms with Gasteiger partial charge in [0.1, 0.15) is 5.82 Å².